The van der Waals surface area contributed by atoms with Crippen molar-refractivity contribution in [3.8, 4) is 0 Å². The maximum Gasteiger partial charge on any atom is 0.223 e. The molecule has 2 fully saturated rings. The van der Waals surface area contributed by atoms with Crippen LogP contribution in [0.3, 0.4) is 0 Å². The van der Waals surface area contributed by atoms with Crippen LogP contribution in [0.5, 0.6) is 0 Å². The normalized spacial score (nSPS) is 21.9. The molecule has 1 saturated carbocycles. The highest BCUT2D eigenvalue weighted by Crippen LogP contribution is 2.28. The molecule has 2 aliphatic rings. The van der Waals surface area contributed by atoms with Crippen LogP contribution >= 0.6 is 0 Å². The van der Waals surface area contributed by atoms with Gasteiger partial charge in [-0.1, -0.05) is 0 Å². The lowest BCUT2D eigenvalue weighted by Gasteiger charge is -2.34. The van der Waals surface area contributed by atoms with Crippen molar-refractivity contribution in [3.05, 3.63) is 0 Å². The second-order valence-electron chi connectivity index (χ2n) is 6.43. The van der Waals surface area contributed by atoms with Crippen molar-refractivity contribution in [1.29, 1.82) is 0 Å². The number of piperidine rings is 1. The molecule has 7 nitrogen and oxygen atoms in total. The predicted octanol–water partition coefficient (Wildman–Crippen LogP) is 0.0655. The van der Waals surface area contributed by atoms with Gasteiger partial charge in [-0.25, -0.2) is 0 Å². The Morgan fingerprint density at radius 2 is 2.04 bits per heavy atom. The highest BCUT2D eigenvalue weighted by molar-refractivity contribution is 5.81. The van der Waals surface area contributed by atoms with Crippen LogP contribution in [-0.4, -0.2) is 55.4 Å². The Morgan fingerprint density at radius 1 is 1.26 bits per heavy atom. The zero-order valence-corrected chi connectivity index (χ0v) is 14.0. The Kier molecular flexibility index (Phi) is 6.67. The molecule has 1 unspecified atom stereocenters. The summed E-state index contributed by atoms with van der Waals surface area (Å²) in [6.07, 6.45) is 4.56. The van der Waals surface area contributed by atoms with Gasteiger partial charge in [0.05, 0.1) is 6.54 Å². The first-order valence-electron chi connectivity index (χ1n) is 8.69. The molecule has 1 aliphatic heterocycles. The van der Waals surface area contributed by atoms with E-state index in [9.17, 15) is 9.59 Å². The number of aliphatic imine (C=N–C) groups is 1. The summed E-state index contributed by atoms with van der Waals surface area (Å²) in [6, 6.07) is 0. The van der Waals surface area contributed by atoms with E-state index in [1.54, 1.807) is 0 Å². The Hall–Kier alpha value is -1.79. The van der Waals surface area contributed by atoms with Crippen LogP contribution in [-0.2, 0) is 9.59 Å². The van der Waals surface area contributed by atoms with Crippen LogP contribution in [0.4, 0.5) is 0 Å². The molecule has 23 heavy (non-hydrogen) atoms. The molecule has 0 bridgehead atoms. The van der Waals surface area contributed by atoms with Gasteiger partial charge in [0.15, 0.2) is 5.96 Å². The zero-order chi connectivity index (χ0) is 16.7. The van der Waals surface area contributed by atoms with Crippen LogP contribution in [0.15, 0.2) is 4.99 Å². The van der Waals surface area contributed by atoms with Gasteiger partial charge in [-0.2, -0.15) is 0 Å². The van der Waals surface area contributed by atoms with Gasteiger partial charge >= 0.3 is 0 Å². The maximum atomic E-state index is 11.6. The second-order valence-corrected chi connectivity index (χ2v) is 6.43. The number of carbonyl (C=O) groups excluding carboxylic acids is 2. The fraction of sp³-hybridized carbons (Fsp3) is 0.812. The number of nitrogens with two attached hydrogens (primary N) is 1. The lowest BCUT2D eigenvalue weighted by Crippen LogP contribution is -2.47. The number of nitrogens with one attached hydrogen (secondary N) is 2. The first-order valence-corrected chi connectivity index (χ1v) is 8.69. The Labute approximate surface area is 138 Å². The van der Waals surface area contributed by atoms with Gasteiger partial charge in [0, 0.05) is 38.5 Å². The molecular weight excluding hydrogens is 294 g/mol. The average Bonchev–Trinajstić information content (AvgIpc) is 3.34. The molecule has 1 heterocycles. The van der Waals surface area contributed by atoms with Crippen LogP contribution in [0.1, 0.15) is 39.0 Å². The minimum Gasteiger partial charge on any atom is -0.370 e. The number of hydrogen-bond acceptors (Lipinski definition) is 3. The van der Waals surface area contributed by atoms with Gasteiger partial charge in [-0.3, -0.25) is 14.6 Å². The summed E-state index contributed by atoms with van der Waals surface area (Å²) in [5.41, 5.74) is 5.32. The van der Waals surface area contributed by atoms with E-state index in [0.717, 1.165) is 51.3 Å². The van der Waals surface area contributed by atoms with Crippen molar-refractivity contribution >= 4 is 17.8 Å². The summed E-state index contributed by atoms with van der Waals surface area (Å²) in [5, 5.41) is 6.22. The molecule has 0 aromatic carbocycles. The van der Waals surface area contributed by atoms with Gasteiger partial charge in [0.25, 0.3) is 0 Å². The van der Waals surface area contributed by atoms with Crippen LogP contribution in [0, 0.1) is 11.8 Å². The zero-order valence-electron chi connectivity index (χ0n) is 14.0. The van der Waals surface area contributed by atoms with Crippen molar-refractivity contribution in [1.82, 2.24) is 15.5 Å². The molecule has 0 radical (unpaired) electrons. The molecule has 0 aromatic rings. The first kappa shape index (κ1) is 17.6. The van der Waals surface area contributed by atoms with E-state index in [1.165, 1.54) is 0 Å². The van der Waals surface area contributed by atoms with Gasteiger partial charge in [-0.05, 0) is 38.5 Å². The molecule has 4 N–H and O–H groups in total. The van der Waals surface area contributed by atoms with Crippen molar-refractivity contribution < 1.29 is 9.59 Å². The largest absolute Gasteiger partial charge is 0.370 e. The highest BCUT2D eigenvalue weighted by atomic mass is 16.2. The third-order valence-electron chi connectivity index (χ3n) is 4.26. The fourth-order valence-corrected chi connectivity index (χ4v) is 2.97. The van der Waals surface area contributed by atoms with E-state index in [0.29, 0.717) is 25.4 Å². The van der Waals surface area contributed by atoms with Crippen LogP contribution in [0.2, 0.25) is 0 Å². The van der Waals surface area contributed by atoms with Crippen molar-refractivity contribution in [2.75, 3.05) is 32.7 Å². The summed E-state index contributed by atoms with van der Waals surface area (Å²) in [6.45, 7) is 5.72. The van der Waals surface area contributed by atoms with E-state index in [1.807, 2.05) is 6.92 Å². The molecular formula is C16H29N5O2. The summed E-state index contributed by atoms with van der Waals surface area (Å²) in [5.74, 6) is 1.33. The van der Waals surface area contributed by atoms with E-state index < -0.39 is 0 Å². The lowest BCUT2D eigenvalue weighted by molar-refractivity contribution is -0.122. The summed E-state index contributed by atoms with van der Waals surface area (Å²) < 4.78 is 0. The first-order chi connectivity index (χ1) is 11.1. The molecule has 130 valence electrons. The Morgan fingerprint density at radius 3 is 2.70 bits per heavy atom. The topological polar surface area (TPSA) is 99.8 Å². The summed E-state index contributed by atoms with van der Waals surface area (Å²) >= 11 is 0. The summed E-state index contributed by atoms with van der Waals surface area (Å²) in [4.78, 5) is 29.5. The third kappa shape index (κ3) is 6.08. The SMILES string of the molecule is CCNC(=NCCNC(=O)C1CC1)N1CCCC(CC(N)=O)C1. The van der Waals surface area contributed by atoms with Gasteiger partial charge < -0.3 is 21.3 Å². The maximum absolute atomic E-state index is 11.6. The molecule has 2 amide bonds. The predicted molar refractivity (Wildman–Crippen MR) is 89.8 cm³/mol. The number of guanidine groups is 1. The molecule has 1 aliphatic carbocycles. The minimum atomic E-state index is -0.235. The number of hydrogen-bond donors (Lipinski definition) is 3. The number of nitrogens with zero attached hydrogens (tertiary/aromatic N) is 2. The van der Waals surface area contributed by atoms with E-state index in [-0.39, 0.29) is 17.7 Å². The number of carbonyl (C=O) groups is 2. The summed E-state index contributed by atoms with van der Waals surface area (Å²) in [7, 11) is 0. The Balaban J connectivity index is 1.81. The number of amides is 2. The molecule has 2 rings (SSSR count). The van der Waals surface area contributed by atoms with Gasteiger partial charge in [0.2, 0.25) is 11.8 Å². The molecule has 0 spiro atoms. The second kappa shape index (κ2) is 8.74. The Bertz CT molecular complexity index is 448. The number of primary amides is 1. The fourth-order valence-electron chi connectivity index (χ4n) is 2.97. The highest BCUT2D eigenvalue weighted by Gasteiger charge is 2.29. The number of likely N-dealkylation sites (tertiary alicyclic amines) is 1. The minimum absolute atomic E-state index is 0.157. The van der Waals surface area contributed by atoms with Gasteiger partial charge in [-0.15, -0.1) is 0 Å². The standard InChI is InChI=1S/C16H29N5O2/c1-2-18-16(20-8-7-19-15(23)13-5-6-13)21-9-3-4-12(11-21)10-14(17)22/h12-13H,2-11H2,1H3,(H2,17,22)(H,18,20)(H,19,23). The smallest absolute Gasteiger partial charge is 0.223 e. The average molecular weight is 323 g/mol. The molecule has 0 aromatic heterocycles. The monoisotopic (exact) mass is 323 g/mol. The van der Waals surface area contributed by atoms with E-state index >= 15 is 0 Å². The quantitative estimate of drug-likeness (QED) is 0.350. The van der Waals surface area contributed by atoms with Gasteiger partial charge in [0.1, 0.15) is 0 Å². The molecule has 1 atom stereocenters. The van der Waals surface area contributed by atoms with E-state index in [4.69, 9.17) is 5.73 Å². The van der Waals surface area contributed by atoms with Crippen molar-refractivity contribution in [2.45, 2.75) is 39.0 Å². The van der Waals surface area contributed by atoms with Crippen molar-refractivity contribution in [3.63, 3.8) is 0 Å². The van der Waals surface area contributed by atoms with E-state index in [2.05, 4.69) is 20.5 Å². The van der Waals surface area contributed by atoms with Crippen molar-refractivity contribution in [2.24, 2.45) is 22.6 Å². The number of rotatable bonds is 7. The lowest BCUT2D eigenvalue weighted by atomic mass is 9.95. The van der Waals surface area contributed by atoms with Crippen LogP contribution < -0.4 is 16.4 Å². The molecule has 1 saturated heterocycles. The molecule has 7 heteroatoms. The van der Waals surface area contributed by atoms with Crippen LogP contribution in [0.25, 0.3) is 0 Å². The third-order valence-corrected chi connectivity index (χ3v) is 4.26.